The molecule has 3 heterocycles. The van der Waals surface area contributed by atoms with Gasteiger partial charge in [0.15, 0.2) is 0 Å². The van der Waals surface area contributed by atoms with Crippen molar-refractivity contribution in [1.82, 2.24) is 24.7 Å². The second-order valence-corrected chi connectivity index (χ2v) is 4.60. The van der Waals surface area contributed by atoms with Gasteiger partial charge >= 0.3 is 0 Å². The molecule has 0 atom stereocenters. The number of H-pyrrole nitrogens is 1. The molecule has 19 heavy (non-hydrogen) atoms. The number of aromatic nitrogens is 5. The number of nitrogens with two attached hydrogens (primary N) is 1. The van der Waals surface area contributed by atoms with E-state index in [0.29, 0.717) is 23.5 Å². The number of nitrogens with one attached hydrogen (secondary N) is 2. The van der Waals surface area contributed by atoms with E-state index >= 15 is 0 Å². The van der Waals surface area contributed by atoms with Gasteiger partial charge < -0.3 is 16.0 Å². The van der Waals surface area contributed by atoms with Gasteiger partial charge in [-0.2, -0.15) is 15.1 Å². The molecule has 0 radical (unpaired) electrons. The highest BCUT2D eigenvalue weighted by molar-refractivity contribution is 5.87. The summed E-state index contributed by atoms with van der Waals surface area (Å²) < 4.78 is 1.86. The first kappa shape index (κ1) is 11.5. The quantitative estimate of drug-likeness (QED) is 0.667. The van der Waals surface area contributed by atoms with Crippen LogP contribution in [0.15, 0.2) is 24.7 Å². The monoisotopic (exact) mass is 257 g/mol. The van der Waals surface area contributed by atoms with Gasteiger partial charge in [0, 0.05) is 18.4 Å². The summed E-state index contributed by atoms with van der Waals surface area (Å²) in [5.41, 5.74) is 7.42. The van der Waals surface area contributed by atoms with Gasteiger partial charge in [-0.25, -0.2) is 0 Å². The van der Waals surface area contributed by atoms with Gasteiger partial charge in [0.1, 0.15) is 11.5 Å². The van der Waals surface area contributed by atoms with Crippen LogP contribution in [0.3, 0.4) is 0 Å². The number of anilines is 3. The van der Waals surface area contributed by atoms with Crippen molar-refractivity contribution in [2.24, 2.45) is 0 Å². The van der Waals surface area contributed by atoms with E-state index in [9.17, 15) is 0 Å². The largest absolute Gasteiger partial charge is 0.383 e. The molecule has 0 aromatic carbocycles. The first-order chi connectivity index (χ1) is 9.13. The standard InChI is InChI=1S/C12H15N7/c1-7(2)19-6-8(5-15-19)16-12-17-10(13)9-3-4-14-11(9)18-12/h3-7H,1-2H3,(H4,13,14,16,17,18). The Kier molecular flexibility index (Phi) is 2.59. The van der Waals surface area contributed by atoms with Crippen LogP contribution in [-0.4, -0.2) is 24.7 Å². The molecule has 98 valence electrons. The third-order valence-corrected chi connectivity index (χ3v) is 2.83. The Bertz CT molecular complexity index is 710. The van der Waals surface area contributed by atoms with E-state index < -0.39 is 0 Å². The summed E-state index contributed by atoms with van der Waals surface area (Å²) in [6, 6.07) is 2.16. The van der Waals surface area contributed by atoms with Crippen molar-refractivity contribution in [2.75, 3.05) is 11.1 Å². The highest BCUT2D eigenvalue weighted by Gasteiger charge is 2.07. The van der Waals surface area contributed by atoms with E-state index in [1.165, 1.54) is 0 Å². The molecule has 0 saturated carbocycles. The molecule has 0 saturated heterocycles. The molecule has 0 aliphatic carbocycles. The molecule has 3 aromatic rings. The van der Waals surface area contributed by atoms with Crippen LogP contribution in [-0.2, 0) is 0 Å². The van der Waals surface area contributed by atoms with Crippen molar-refractivity contribution in [3.05, 3.63) is 24.7 Å². The lowest BCUT2D eigenvalue weighted by Crippen LogP contribution is -2.01. The van der Waals surface area contributed by atoms with Crippen LogP contribution in [0.25, 0.3) is 11.0 Å². The smallest absolute Gasteiger partial charge is 0.231 e. The number of rotatable bonds is 3. The molecule has 7 nitrogen and oxygen atoms in total. The highest BCUT2D eigenvalue weighted by Crippen LogP contribution is 2.20. The molecule has 7 heteroatoms. The molecule has 0 spiro atoms. The van der Waals surface area contributed by atoms with Crippen LogP contribution in [0.1, 0.15) is 19.9 Å². The summed E-state index contributed by atoms with van der Waals surface area (Å²) in [6.45, 7) is 4.13. The zero-order chi connectivity index (χ0) is 13.4. The van der Waals surface area contributed by atoms with Gasteiger partial charge in [0.05, 0.1) is 17.3 Å². The van der Waals surface area contributed by atoms with Crippen LogP contribution >= 0.6 is 0 Å². The first-order valence-corrected chi connectivity index (χ1v) is 6.05. The lowest BCUT2D eigenvalue weighted by Gasteiger charge is -2.04. The molecular formula is C12H15N7. The zero-order valence-corrected chi connectivity index (χ0v) is 10.8. The van der Waals surface area contributed by atoms with Gasteiger partial charge in [-0.05, 0) is 19.9 Å². The average Bonchev–Trinajstić information content (AvgIpc) is 2.97. The number of nitrogen functional groups attached to an aromatic ring is 1. The SMILES string of the molecule is CC(C)n1cc(Nc2nc(N)c3cc[nH]c3n2)cn1. The molecular weight excluding hydrogens is 242 g/mol. The Morgan fingerprint density at radius 3 is 2.95 bits per heavy atom. The normalized spacial score (nSPS) is 11.3. The van der Waals surface area contributed by atoms with Gasteiger partial charge in [-0.1, -0.05) is 0 Å². The topological polar surface area (TPSA) is 97.4 Å². The molecule has 4 N–H and O–H groups in total. The van der Waals surface area contributed by atoms with Gasteiger partial charge in [0.25, 0.3) is 0 Å². The Labute approximate surface area is 109 Å². The average molecular weight is 257 g/mol. The fraction of sp³-hybridized carbons (Fsp3) is 0.250. The number of fused-ring (bicyclic) bond motifs is 1. The van der Waals surface area contributed by atoms with E-state index in [1.807, 2.05) is 16.9 Å². The number of aromatic amines is 1. The van der Waals surface area contributed by atoms with Crippen molar-refractivity contribution in [1.29, 1.82) is 0 Å². The number of hydrogen-bond donors (Lipinski definition) is 3. The van der Waals surface area contributed by atoms with Crippen molar-refractivity contribution in [3.63, 3.8) is 0 Å². The Balaban J connectivity index is 1.91. The molecule has 0 aliphatic rings. The minimum absolute atomic E-state index is 0.312. The van der Waals surface area contributed by atoms with Gasteiger partial charge in [-0.15, -0.1) is 0 Å². The molecule has 0 unspecified atom stereocenters. The summed E-state index contributed by atoms with van der Waals surface area (Å²) in [5.74, 6) is 0.903. The summed E-state index contributed by atoms with van der Waals surface area (Å²) >= 11 is 0. The Morgan fingerprint density at radius 2 is 2.21 bits per heavy atom. The second-order valence-electron chi connectivity index (χ2n) is 4.60. The highest BCUT2D eigenvalue weighted by atomic mass is 15.3. The summed E-state index contributed by atoms with van der Waals surface area (Å²) in [4.78, 5) is 11.6. The third kappa shape index (κ3) is 2.10. The van der Waals surface area contributed by atoms with E-state index in [1.54, 1.807) is 12.4 Å². The summed E-state index contributed by atoms with van der Waals surface area (Å²) in [6.07, 6.45) is 5.43. The molecule has 0 amide bonds. The zero-order valence-electron chi connectivity index (χ0n) is 10.8. The van der Waals surface area contributed by atoms with E-state index in [2.05, 4.69) is 39.2 Å². The maximum absolute atomic E-state index is 5.88. The molecule has 3 aromatic heterocycles. The Morgan fingerprint density at radius 1 is 1.37 bits per heavy atom. The van der Waals surface area contributed by atoms with E-state index in [0.717, 1.165) is 11.1 Å². The number of hydrogen-bond acceptors (Lipinski definition) is 5. The predicted molar refractivity (Wildman–Crippen MR) is 74.2 cm³/mol. The lowest BCUT2D eigenvalue weighted by atomic mass is 10.4. The van der Waals surface area contributed by atoms with Crippen LogP contribution in [0, 0.1) is 0 Å². The molecule has 0 aliphatic heterocycles. The summed E-state index contributed by atoms with van der Waals surface area (Å²) in [7, 11) is 0. The lowest BCUT2D eigenvalue weighted by molar-refractivity contribution is 0.532. The van der Waals surface area contributed by atoms with Gasteiger partial charge in [0.2, 0.25) is 5.95 Å². The molecule has 0 fully saturated rings. The maximum atomic E-state index is 5.88. The summed E-state index contributed by atoms with van der Waals surface area (Å²) in [5, 5.41) is 8.17. The maximum Gasteiger partial charge on any atom is 0.231 e. The van der Waals surface area contributed by atoms with Crippen molar-refractivity contribution < 1.29 is 0 Å². The van der Waals surface area contributed by atoms with Crippen molar-refractivity contribution in [2.45, 2.75) is 19.9 Å². The fourth-order valence-corrected chi connectivity index (χ4v) is 1.84. The molecule has 3 rings (SSSR count). The van der Waals surface area contributed by atoms with Gasteiger partial charge in [-0.3, -0.25) is 4.68 Å². The van der Waals surface area contributed by atoms with Crippen LogP contribution in [0.4, 0.5) is 17.5 Å². The minimum Gasteiger partial charge on any atom is -0.383 e. The third-order valence-electron chi connectivity index (χ3n) is 2.83. The second kappa shape index (κ2) is 4.27. The van der Waals surface area contributed by atoms with E-state index in [-0.39, 0.29) is 0 Å². The number of nitrogens with zero attached hydrogens (tertiary/aromatic N) is 4. The van der Waals surface area contributed by atoms with E-state index in [4.69, 9.17) is 5.73 Å². The van der Waals surface area contributed by atoms with Crippen LogP contribution in [0.2, 0.25) is 0 Å². The van der Waals surface area contributed by atoms with Crippen molar-refractivity contribution >= 4 is 28.5 Å². The fourth-order valence-electron chi connectivity index (χ4n) is 1.84. The Hall–Kier alpha value is -2.57. The van der Waals surface area contributed by atoms with Crippen LogP contribution in [0.5, 0.6) is 0 Å². The minimum atomic E-state index is 0.312. The van der Waals surface area contributed by atoms with Crippen LogP contribution < -0.4 is 11.1 Å². The predicted octanol–water partition coefficient (Wildman–Crippen LogP) is 2.06. The first-order valence-electron chi connectivity index (χ1n) is 6.05. The molecule has 0 bridgehead atoms. The van der Waals surface area contributed by atoms with Crippen molar-refractivity contribution in [3.8, 4) is 0 Å².